The Hall–Kier alpha value is -3.20. The number of ether oxygens (including phenoxy) is 1. The maximum absolute atomic E-state index is 5.52. The summed E-state index contributed by atoms with van der Waals surface area (Å²) in [5.41, 5.74) is 5.28. The second-order valence-corrected chi connectivity index (χ2v) is 11.6. The molecule has 2 saturated heterocycles. The Balaban J connectivity index is 1.12. The van der Waals surface area contributed by atoms with Gasteiger partial charge in [0.15, 0.2) is 5.65 Å². The van der Waals surface area contributed by atoms with E-state index >= 15 is 0 Å². The minimum absolute atomic E-state index is 0.00185. The number of anilines is 3. The fourth-order valence-electron chi connectivity index (χ4n) is 5.37. The Bertz CT molecular complexity index is 1370. The number of aromatic nitrogens is 3. The second-order valence-electron chi connectivity index (χ2n) is 9.83. The minimum atomic E-state index is 0.00185. The molecule has 6 rings (SSSR count). The number of pyridine rings is 1. The average Bonchev–Trinajstić information content (AvgIpc) is 3.37. The topological polar surface area (TPSA) is 57.9 Å². The predicted molar refractivity (Wildman–Crippen MR) is 155 cm³/mol. The molecule has 2 aromatic carbocycles. The number of nitrogens with one attached hydrogen (secondary N) is 1. The summed E-state index contributed by atoms with van der Waals surface area (Å²) in [6.07, 6.45) is 6.50. The molecule has 192 valence electrons. The van der Waals surface area contributed by atoms with Crippen molar-refractivity contribution in [3.05, 3.63) is 66.9 Å². The second kappa shape index (κ2) is 10.7. The molecular formula is C29H34N6OS. The molecule has 4 heterocycles. The number of benzene rings is 2. The summed E-state index contributed by atoms with van der Waals surface area (Å²) in [4.78, 5) is 11.2. The summed E-state index contributed by atoms with van der Waals surface area (Å²) in [7, 11) is 0.00185. The number of piperidine rings is 1. The smallest absolute Gasteiger partial charge is 0.247 e. The third kappa shape index (κ3) is 5.28. The van der Waals surface area contributed by atoms with Crippen molar-refractivity contribution < 1.29 is 4.74 Å². The molecule has 4 aromatic rings. The zero-order valence-electron chi connectivity index (χ0n) is 21.3. The lowest BCUT2D eigenvalue weighted by Crippen LogP contribution is -2.49. The summed E-state index contributed by atoms with van der Waals surface area (Å²) in [5, 5.41) is 8.06. The van der Waals surface area contributed by atoms with Crippen LogP contribution < -0.4 is 10.2 Å². The highest BCUT2D eigenvalue weighted by molar-refractivity contribution is 8.13. The molecule has 1 N–H and O–H groups in total. The molecule has 2 aliphatic rings. The van der Waals surface area contributed by atoms with Crippen LogP contribution in [-0.4, -0.2) is 77.1 Å². The van der Waals surface area contributed by atoms with Crippen LogP contribution in [0.25, 0.3) is 16.8 Å². The molecule has 0 amide bonds. The molecule has 37 heavy (non-hydrogen) atoms. The van der Waals surface area contributed by atoms with Gasteiger partial charge in [0.05, 0.1) is 13.2 Å². The third-order valence-electron chi connectivity index (χ3n) is 7.45. The van der Waals surface area contributed by atoms with Gasteiger partial charge in [0.25, 0.3) is 0 Å². The van der Waals surface area contributed by atoms with E-state index in [1.165, 1.54) is 23.4 Å². The fraction of sp³-hybridized carbons (Fsp3) is 0.345. The van der Waals surface area contributed by atoms with Gasteiger partial charge in [-0.15, -0.1) is 5.10 Å². The first-order valence-corrected chi connectivity index (χ1v) is 14.8. The Kier molecular flexibility index (Phi) is 6.95. The molecule has 0 radical (unpaired) electrons. The van der Waals surface area contributed by atoms with Crippen LogP contribution in [0, 0.1) is 0 Å². The normalized spacial score (nSPS) is 18.2. The highest BCUT2D eigenvalue weighted by Gasteiger charge is 2.25. The van der Waals surface area contributed by atoms with E-state index < -0.39 is 0 Å². The van der Waals surface area contributed by atoms with Crippen molar-refractivity contribution in [2.24, 2.45) is 0 Å². The lowest BCUT2D eigenvalue weighted by Gasteiger charge is -2.40. The quantitative estimate of drug-likeness (QED) is 0.360. The van der Waals surface area contributed by atoms with Crippen molar-refractivity contribution in [2.75, 3.05) is 55.9 Å². The number of hydrogen-bond acceptors (Lipinski definition) is 6. The van der Waals surface area contributed by atoms with Crippen LogP contribution >= 0.6 is 10.5 Å². The van der Waals surface area contributed by atoms with Crippen LogP contribution in [0.1, 0.15) is 12.8 Å². The Morgan fingerprint density at radius 1 is 0.946 bits per heavy atom. The van der Waals surface area contributed by atoms with E-state index in [9.17, 15) is 0 Å². The number of fused-ring (bicyclic) bond motifs is 1. The first kappa shape index (κ1) is 24.2. The number of morpholine rings is 1. The van der Waals surface area contributed by atoms with Crippen molar-refractivity contribution in [2.45, 2.75) is 23.8 Å². The highest BCUT2D eigenvalue weighted by atomic mass is 32.2. The van der Waals surface area contributed by atoms with Crippen molar-refractivity contribution in [3.8, 4) is 11.1 Å². The monoisotopic (exact) mass is 514 g/mol. The average molecular weight is 515 g/mol. The van der Waals surface area contributed by atoms with Crippen LogP contribution in [0.15, 0.2) is 71.8 Å². The van der Waals surface area contributed by atoms with E-state index in [0.29, 0.717) is 12.0 Å². The lowest BCUT2D eigenvalue weighted by atomic mass is 10.0. The molecule has 0 spiro atoms. The Morgan fingerprint density at radius 3 is 2.38 bits per heavy atom. The van der Waals surface area contributed by atoms with E-state index in [4.69, 9.17) is 9.72 Å². The lowest BCUT2D eigenvalue weighted by molar-refractivity contribution is 0.0115. The summed E-state index contributed by atoms with van der Waals surface area (Å²) >= 11 is 0. The molecule has 0 bridgehead atoms. The molecule has 0 saturated carbocycles. The van der Waals surface area contributed by atoms with Crippen LogP contribution in [-0.2, 0) is 4.74 Å². The van der Waals surface area contributed by atoms with Crippen LogP contribution in [0.2, 0.25) is 0 Å². The molecule has 2 aromatic heterocycles. The van der Waals surface area contributed by atoms with Crippen molar-refractivity contribution >= 4 is 39.3 Å². The molecule has 0 aliphatic carbocycles. The van der Waals surface area contributed by atoms with Crippen molar-refractivity contribution in [3.63, 3.8) is 0 Å². The van der Waals surface area contributed by atoms with Gasteiger partial charge in [0.2, 0.25) is 5.95 Å². The van der Waals surface area contributed by atoms with Gasteiger partial charge in [-0.25, -0.2) is 4.52 Å². The van der Waals surface area contributed by atoms with Crippen LogP contribution in [0.4, 0.5) is 17.3 Å². The zero-order valence-corrected chi connectivity index (χ0v) is 22.2. The van der Waals surface area contributed by atoms with Gasteiger partial charge in [-0.1, -0.05) is 18.0 Å². The van der Waals surface area contributed by atoms with Crippen molar-refractivity contribution in [1.82, 2.24) is 19.5 Å². The highest BCUT2D eigenvalue weighted by Crippen LogP contribution is 2.29. The molecule has 8 heteroatoms. The largest absolute Gasteiger partial charge is 0.379 e. The van der Waals surface area contributed by atoms with E-state index in [-0.39, 0.29) is 10.5 Å². The molecular weight excluding hydrogens is 480 g/mol. The van der Waals surface area contributed by atoms with Gasteiger partial charge < -0.3 is 15.0 Å². The third-order valence-corrected chi connectivity index (χ3v) is 8.52. The molecule has 2 fully saturated rings. The van der Waals surface area contributed by atoms with E-state index in [1.807, 2.05) is 16.8 Å². The van der Waals surface area contributed by atoms with E-state index in [2.05, 4.69) is 86.9 Å². The van der Waals surface area contributed by atoms with Crippen LogP contribution in [0.3, 0.4) is 0 Å². The predicted octanol–water partition coefficient (Wildman–Crippen LogP) is 5.13. The number of nitrogens with zero attached hydrogens (tertiary/aromatic N) is 5. The Morgan fingerprint density at radius 2 is 1.68 bits per heavy atom. The first-order valence-electron chi connectivity index (χ1n) is 13.0. The maximum atomic E-state index is 5.52. The molecule has 2 aliphatic heterocycles. The summed E-state index contributed by atoms with van der Waals surface area (Å²) < 4.78 is 7.36. The standard InChI is InChI=1S/C29H34N6OS/c1-37(2)26-11-5-22(6-12-26)27-4-3-15-35-28(27)31-29(32-35)30-23-7-9-24(10-8-23)33-16-13-25(14-17-33)34-18-20-36-21-19-34/h3-12,15,25H,1,13-14,16-21H2,2H3,(H,30,32). The van der Waals surface area contributed by atoms with Gasteiger partial charge in [0, 0.05) is 60.3 Å². The van der Waals surface area contributed by atoms with Crippen LogP contribution in [0.5, 0.6) is 0 Å². The zero-order chi connectivity index (χ0) is 25.2. The molecule has 7 nitrogen and oxygen atoms in total. The van der Waals surface area contributed by atoms with Gasteiger partial charge >= 0.3 is 0 Å². The number of hydrogen-bond donors (Lipinski definition) is 1. The summed E-state index contributed by atoms with van der Waals surface area (Å²) in [6, 6.07) is 22.0. The maximum Gasteiger partial charge on any atom is 0.247 e. The first-order chi connectivity index (χ1) is 18.1. The van der Waals surface area contributed by atoms with Gasteiger partial charge in [0.1, 0.15) is 0 Å². The molecule has 1 atom stereocenters. The van der Waals surface area contributed by atoms with E-state index in [1.54, 1.807) is 0 Å². The summed E-state index contributed by atoms with van der Waals surface area (Å²) in [5.74, 6) is 4.74. The summed E-state index contributed by atoms with van der Waals surface area (Å²) in [6.45, 7) is 6.10. The SMILES string of the molecule is C=S(C)c1ccc(-c2cccn3nc(Nc4ccc(N5CCC(N6CCOCC6)CC5)cc4)nc23)cc1. The van der Waals surface area contributed by atoms with Gasteiger partial charge in [-0.3, -0.25) is 4.90 Å². The minimum Gasteiger partial charge on any atom is -0.379 e. The van der Waals surface area contributed by atoms with E-state index in [0.717, 1.165) is 61.9 Å². The Labute approximate surface area is 221 Å². The number of rotatable bonds is 6. The van der Waals surface area contributed by atoms with Crippen molar-refractivity contribution in [1.29, 1.82) is 0 Å². The van der Waals surface area contributed by atoms with Gasteiger partial charge in [-0.2, -0.15) is 15.5 Å². The van der Waals surface area contributed by atoms with Gasteiger partial charge in [-0.05, 0) is 73.2 Å². The fourth-order valence-corrected chi connectivity index (χ4v) is 5.97. The molecule has 1 unspecified atom stereocenters.